The van der Waals surface area contributed by atoms with E-state index in [1.54, 1.807) is 46.0 Å². The number of carbonyl (C=O) groups is 5. The first-order valence-electron chi connectivity index (χ1n) is 19.8. The number of rotatable bonds is 15. The van der Waals surface area contributed by atoms with E-state index in [-0.39, 0.29) is 41.8 Å². The molecule has 5 amide bonds. The summed E-state index contributed by atoms with van der Waals surface area (Å²) in [7, 11) is -4.24. The van der Waals surface area contributed by atoms with Gasteiger partial charge in [0, 0.05) is 31.1 Å². The van der Waals surface area contributed by atoms with Crippen molar-refractivity contribution in [1.82, 2.24) is 40.5 Å². The Morgan fingerprint density at radius 1 is 0.897 bits per heavy atom. The van der Waals surface area contributed by atoms with E-state index in [0.717, 1.165) is 24.8 Å². The topological polar surface area (TPSA) is 219 Å². The highest BCUT2D eigenvalue weighted by molar-refractivity contribution is 7.90. The number of amides is 5. The van der Waals surface area contributed by atoms with E-state index >= 15 is 0 Å². The van der Waals surface area contributed by atoms with E-state index in [4.69, 9.17) is 4.74 Å². The van der Waals surface area contributed by atoms with Gasteiger partial charge in [-0.25, -0.2) is 23.1 Å². The van der Waals surface area contributed by atoms with Gasteiger partial charge in [-0.05, 0) is 55.2 Å². The maximum absolute atomic E-state index is 14.8. The number of hydrogen-bond acceptors (Lipinski definition) is 11. The predicted octanol–water partition coefficient (Wildman–Crippen LogP) is 3.23. The first kappa shape index (κ1) is 43.7. The second-order valence-corrected chi connectivity index (χ2v) is 17.7. The molecular formula is C41H54N8O8S. The predicted molar refractivity (Wildman–Crippen MR) is 213 cm³/mol. The third-order valence-electron chi connectivity index (χ3n) is 10.4. The number of ether oxygens (including phenoxy) is 1. The minimum atomic E-state index is -4.24. The van der Waals surface area contributed by atoms with Crippen LogP contribution < -0.4 is 25.4 Å². The van der Waals surface area contributed by atoms with E-state index in [9.17, 15) is 32.4 Å². The van der Waals surface area contributed by atoms with Crippen molar-refractivity contribution in [2.75, 3.05) is 6.54 Å². The van der Waals surface area contributed by atoms with Gasteiger partial charge in [0.1, 0.15) is 36.0 Å². The van der Waals surface area contributed by atoms with Crippen LogP contribution in [0.5, 0.6) is 5.88 Å². The molecule has 4 N–H and O–H groups in total. The van der Waals surface area contributed by atoms with E-state index in [0.29, 0.717) is 19.3 Å². The van der Waals surface area contributed by atoms with Gasteiger partial charge in [0.25, 0.3) is 21.8 Å². The quantitative estimate of drug-likeness (QED) is 0.175. The molecular weight excluding hydrogens is 765 g/mol. The Bertz CT molecular complexity index is 2010. The summed E-state index contributed by atoms with van der Waals surface area (Å²) in [6, 6.07) is 6.33. The minimum absolute atomic E-state index is 0.0135. The number of nitrogens with one attached hydrogen (secondary N) is 4. The molecule has 0 radical (unpaired) electrons. The Hall–Kier alpha value is -5.45. The molecule has 5 atom stereocenters. The van der Waals surface area contributed by atoms with Crippen LogP contribution in [0.1, 0.15) is 95.1 Å². The maximum atomic E-state index is 14.8. The minimum Gasteiger partial charge on any atom is -0.472 e. The van der Waals surface area contributed by atoms with E-state index < -0.39 is 75.2 Å². The third kappa shape index (κ3) is 11.4. The van der Waals surface area contributed by atoms with Crippen molar-refractivity contribution in [2.45, 2.75) is 121 Å². The van der Waals surface area contributed by atoms with Crippen molar-refractivity contribution in [2.24, 2.45) is 11.3 Å². The van der Waals surface area contributed by atoms with Crippen LogP contribution in [0.4, 0.5) is 0 Å². The summed E-state index contributed by atoms with van der Waals surface area (Å²) in [6.45, 7) is 8.96. The smallest absolute Gasteiger partial charge is 0.272 e. The summed E-state index contributed by atoms with van der Waals surface area (Å²) < 4.78 is 34.3. The van der Waals surface area contributed by atoms with Gasteiger partial charge in [-0.1, -0.05) is 77.6 Å². The summed E-state index contributed by atoms with van der Waals surface area (Å²) in [4.78, 5) is 83.7. The van der Waals surface area contributed by atoms with Crippen molar-refractivity contribution in [3.05, 3.63) is 78.5 Å². The lowest BCUT2D eigenvalue weighted by Gasteiger charge is -2.37. The second-order valence-electron chi connectivity index (χ2n) is 16.0. The summed E-state index contributed by atoms with van der Waals surface area (Å²) in [5.74, 6) is -3.22. The fourth-order valence-corrected chi connectivity index (χ4v) is 8.34. The molecule has 58 heavy (non-hydrogen) atoms. The highest BCUT2D eigenvalue weighted by Crippen LogP contribution is 2.30. The summed E-state index contributed by atoms with van der Waals surface area (Å²) in [5.41, 5.74) is 0.0751. The number of carbonyl (C=O) groups excluding carboxylic acids is 5. The number of aryl methyl sites for hydroxylation is 1. The average molecular weight is 819 g/mol. The average Bonchev–Trinajstić information content (AvgIpc) is 3.63. The van der Waals surface area contributed by atoms with Crippen molar-refractivity contribution in [3.8, 4) is 5.88 Å². The lowest BCUT2D eigenvalue weighted by Crippen LogP contribution is -2.62. The fraction of sp³-hybridized carbons (Fsp3) is 0.512. The van der Waals surface area contributed by atoms with Gasteiger partial charge in [-0.3, -0.25) is 29.0 Å². The molecule has 16 nitrogen and oxygen atoms in total. The molecule has 2 aliphatic rings. The van der Waals surface area contributed by atoms with Crippen molar-refractivity contribution in [3.63, 3.8) is 0 Å². The zero-order valence-corrected chi connectivity index (χ0v) is 34.5. The van der Waals surface area contributed by atoms with Crippen LogP contribution in [0.2, 0.25) is 0 Å². The SMILES string of the molecule is CCC[C@H](NC(=O)[C@@H]1C[C@@H](Oc2ccc(C)cn2)CN1C(=O)[C@@H](NC(=O)[C@@H](NC(=O)c1cnccn1)C1CCCCC1)C(C)(C)C)C(=O)NS(=O)(=O)c1ccccc1. The molecule has 1 saturated heterocycles. The molecule has 5 rings (SSSR count). The number of likely N-dealkylation sites (tertiary alicyclic amines) is 1. The number of benzene rings is 1. The van der Waals surface area contributed by atoms with E-state index in [1.807, 2.05) is 13.0 Å². The van der Waals surface area contributed by atoms with Gasteiger partial charge in [0.2, 0.25) is 23.6 Å². The first-order valence-corrected chi connectivity index (χ1v) is 21.2. The van der Waals surface area contributed by atoms with Crippen LogP contribution in [0.25, 0.3) is 0 Å². The highest BCUT2D eigenvalue weighted by Gasteiger charge is 2.47. The molecule has 0 spiro atoms. The van der Waals surface area contributed by atoms with Crippen LogP contribution in [-0.2, 0) is 29.2 Å². The number of nitrogens with zero attached hydrogens (tertiary/aromatic N) is 4. The number of hydrogen-bond donors (Lipinski definition) is 4. The van der Waals surface area contributed by atoms with Crippen molar-refractivity contribution in [1.29, 1.82) is 0 Å². The molecule has 1 aliphatic heterocycles. The molecule has 3 aromatic rings. The largest absolute Gasteiger partial charge is 0.472 e. The van der Waals surface area contributed by atoms with Crippen LogP contribution in [-0.4, -0.2) is 94.6 Å². The summed E-state index contributed by atoms with van der Waals surface area (Å²) in [5, 5.41) is 8.50. The number of pyridine rings is 1. The summed E-state index contributed by atoms with van der Waals surface area (Å²) >= 11 is 0. The lowest BCUT2D eigenvalue weighted by molar-refractivity contribution is -0.144. The molecule has 2 aromatic heterocycles. The van der Waals surface area contributed by atoms with E-state index in [2.05, 4.69) is 35.6 Å². The second kappa shape index (κ2) is 19.3. The van der Waals surface area contributed by atoms with Crippen LogP contribution in [0.15, 0.2) is 72.1 Å². The van der Waals surface area contributed by atoms with Gasteiger partial charge < -0.3 is 25.6 Å². The molecule has 0 bridgehead atoms. The lowest BCUT2D eigenvalue weighted by atomic mass is 9.82. The molecule has 1 saturated carbocycles. The Labute approximate surface area is 339 Å². The zero-order valence-electron chi connectivity index (χ0n) is 33.6. The molecule has 1 aromatic carbocycles. The standard InChI is InChI=1S/C41H54N8O8S/c1-6-13-30(37(51)48-58(55,56)29-16-11-8-12-17-29)45-38(52)32-22-28(57-33-19-18-26(2)23-44-33)25-49(32)40(54)35(41(3,4)5)47-39(53)34(27-14-9-7-10-15-27)46-36(50)31-24-42-20-21-43-31/h8,11-12,16-21,23-24,27-28,30,32,34-35H,6-7,9-10,13-15,22,25H2,1-5H3,(H,45,52)(H,46,50)(H,47,53)(H,48,51)/t28-,30+,32+,34+,35-/m1/s1. The van der Waals surface area contributed by atoms with Gasteiger partial charge in [-0.2, -0.15) is 0 Å². The monoisotopic (exact) mass is 818 g/mol. The zero-order chi connectivity index (χ0) is 42.0. The van der Waals surface area contributed by atoms with Gasteiger partial charge in [0.05, 0.1) is 17.6 Å². The van der Waals surface area contributed by atoms with E-state index in [1.165, 1.54) is 47.8 Å². The van der Waals surface area contributed by atoms with Crippen molar-refractivity contribution >= 4 is 39.6 Å². The molecule has 3 heterocycles. The van der Waals surface area contributed by atoms with Crippen molar-refractivity contribution < 1.29 is 37.1 Å². The Balaban J connectivity index is 1.41. The maximum Gasteiger partial charge on any atom is 0.272 e. The first-order chi connectivity index (χ1) is 27.6. The van der Waals surface area contributed by atoms with Crippen LogP contribution >= 0.6 is 0 Å². The van der Waals surface area contributed by atoms with Crippen LogP contribution in [0, 0.1) is 18.3 Å². The molecule has 1 aliphatic carbocycles. The molecule has 17 heteroatoms. The highest BCUT2D eigenvalue weighted by atomic mass is 32.2. The molecule has 0 unspecified atom stereocenters. The number of sulfonamides is 1. The fourth-order valence-electron chi connectivity index (χ4n) is 7.30. The van der Waals surface area contributed by atoms with Gasteiger partial charge >= 0.3 is 0 Å². The third-order valence-corrected chi connectivity index (χ3v) is 11.8. The number of aromatic nitrogens is 3. The molecule has 2 fully saturated rings. The van der Waals surface area contributed by atoms with Crippen LogP contribution in [0.3, 0.4) is 0 Å². The Kier molecular flexibility index (Phi) is 14.6. The normalized spacial score (nSPS) is 18.9. The summed E-state index contributed by atoms with van der Waals surface area (Å²) in [6.07, 6.45) is 9.79. The van der Waals surface area contributed by atoms with Gasteiger partial charge in [0.15, 0.2) is 0 Å². The molecule has 312 valence electrons. The Morgan fingerprint density at radius 2 is 1.62 bits per heavy atom. The van der Waals surface area contributed by atoms with Gasteiger partial charge in [-0.15, -0.1) is 0 Å². The Morgan fingerprint density at radius 3 is 2.24 bits per heavy atom.